The molecule has 0 saturated carbocycles. The van der Waals surface area contributed by atoms with Gasteiger partial charge in [0.2, 0.25) is 15.9 Å². The minimum atomic E-state index is -3.97. The van der Waals surface area contributed by atoms with Crippen molar-refractivity contribution in [3.8, 4) is 0 Å². The third-order valence-corrected chi connectivity index (χ3v) is 9.87. The van der Waals surface area contributed by atoms with Crippen molar-refractivity contribution in [3.63, 3.8) is 0 Å². The maximum atomic E-state index is 14.2. The zero-order valence-electron chi connectivity index (χ0n) is 20.6. The first-order chi connectivity index (χ1) is 17.8. The van der Waals surface area contributed by atoms with Crippen LogP contribution in [0.4, 0.5) is 9.52 Å². The number of rotatable bonds is 6. The average molecular weight is 539 g/mol. The fraction of sp³-hybridized carbons (Fsp3) is 0.296. The Labute approximate surface area is 219 Å². The number of piperidine rings is 1. The molecule has 10 heteroatoms. The Morgan fingerprint density at radius 3 is 2.57 bits per heavy atom. The summed E-state index contributed by atoms with van der Waals surface area (Å²) in [5.41, 5.74) is 3.98. The van der Waals surface area contributed by atoms with Crippen LogP contribution in [-0.2, 0) is 21.4 Å². The molecule has 2 aromatic carbocycles. The maximum absolute atomic E-state index is 14.2. The van der Waals surface area contributed by atoms with Gasteiger partial charge in [-0.15, -0.1) is 0 Å². The largest absolute Gasteiger partial charge is 0.283 e. The zero-order chi connectivity index (χ0) is 26.2. The summed E-state index contributed by atoms with van der Waals surface area (Å²) >= 11 is 1.47. The second-order valence-corrected chi connectivity index (χ2v) is 12.2. The Morgan fingerprint density at radius 2 is 1.86 bits per heavy atom. The monoisotopic (exact) mass is 538 g/mol. The van der Waals surface area contributed by atoms with Crippen molar-refractivity contribution in [2.45, 2.75) is 38.1 Å². The first-order valence-corrected chi connectivity index (χ1v) is 14.3. The van der Waals surface area contributed by atoms with E-state index >= 15 is 0 Å². The first-order valence-electron chi connectivity index (χ1n) is 12.1. The average Bonchev–Trinajstić information content (AvgIpc) is 3.35. The summed E-state index contributed by atoms with van der Waals surface area (Å²) in [7, 11) is -3.97. The number of carbonyl (C=O) groups is 1. The number of amides is 1. The van der Waals surface area contributed by atoms with Crippen molar-refractivity contribution in [2.24, 2.45) is 5.92 Å². The number of aryl methyl sites for hydroxylation is 2. The summed E-state index contributed by atoms with van der Waals surface area (Å²) in [4.78, 5) is 24.2. The van der Waals surface area contributed by atoms with E-state index < -0.39 is 15.8 Å². The van der Waals surface area contributed by atoms with Crippen LogP contribution in [0.15, 0.2) is 65.8 Å². The van der Waals surface area contributed by atoms with Gasteiger partial charge in [-0.1, -0.05) is 35.6 Å². The standard InChI is InChI=1S/C27H27FN4O3S2/c1-18-9-10-23-25(19(18)2)30-27(36-23)32(17-20-6-5-13-29-16-20)26(33)21-11-14-31(15-12-21)37(34,35)24-8-4-3-7-22(24)28/h3-10,13,16,21H,11-12,14-15,17H2,1-2H3. The van der Waals surface area contributed by atoms with Crippen molar-refractivity contribution < 1.29 is 17.6 Å². The predicted molar refractivity (Wildman–Crippen MR) is 142 cm³/mol. The van der Waals surface area contributed by atoms with Gasteiger partial charge in [-0.05, 0) is 67.6 Å². The van der Waals surface area contributed by atoms with E-state index in [1.807, 2.05) is 32.0 Å². The minimum Gasteiger partial charge on any atom is -0.283 e. The van der Waals surface area contributed by atoms with Gasteiger partial charge in [-0.2, -0.15) is 4.31 Å². The lowest BCUT2D eigenvalue weighted by atomic mass is 9.96. The fourth-order valence-electron chi connectivity index (χ4n) is 4.60. The van der Waals surface area contributed by atoms with E-state index in [9.17, 15) is 17.6 Å². The summed E-state index contributed by atoms with van der Waals surface area (Å²) in [5.74, 6) is -1.25. The molecule has 0 aliphatic carbocycles. The molecule has 0 bridgehead atoms. The number of benzene rings is 2. The summed E-state index contributed by atoms with van der Waals surface area (Å²) in [6.07, 6.45) is 4.11. The van der Waals surface area contributed by atoms with Gasteiger partial charge in [-0.25, -0.2) is 17.8 Å². The van der Waals surface area contributed by atoms with Crippen molar-refractivity contribution >= 4 is 42.6 Å². The van der Waals surface area contributed by atoms with E-state index in [1.165, 1.54) is 33.8 Å². The number of thiazole rings is 1. The Bertz CT molecular complexity index is 1550. The third kappa shape index (κ3) is 5.01. The van der Waals surface area contributed by atoms with E-state index in [1.54, 1.807) is 17.3 Å². The molecular formula is C27H27FN4O3S2. The molecule has 3 heterocycles. The van der Waals surface area contributed by atoms with Gasteiger partial charge < -0.3 is 0 Å². The van der Waals surface area contributed by atoms with Crippen LogP contribution in [0.2, 0.25) is 0 Å². The highest BCUT2D eigenvalue weighted by Crippen LogP contribution is 2.35. The Morgan fingerprint density at radius 1 is 1.11 bits per heavy atom. The lowest BCUT2D eigenvalue weighted by Gasteiger charge is -2.33. The number of pyridine rings is 1. The van der Waals surface area contributed by atoms with Crippen LogP contribution in [0.3, 0.4) is 0 Å². The molecule has 0 radical (unpaired) electrons. The van der Waals surface area contributed by atoms with E-state index in [-0.39, 0.29) is 29.8 Å². The minimum absolute atomic E-state index is 0.0970. The number of fused-ring (bicyclic) bond motifs is 1. The molecule has 0 N–H and O–H groups in total. The number of carbonyl (C=O) groups excluding carboxylic acids is 1. The summed E-state index contributed by atoms with van der Waals surface area (Å²) in [6, 6.07) is 13.2. The van der Waals surface area contributed by atoms with Crippen LogP contribution in [0.1, 0.15) is 29.5 Å². The van der Waals surface area contributed by atoms with Gasteiger partial charge in [0.1, 0.15) is 10.7 Å². The molecule has 2 aromatic heterocycles. The van der Waals surface area contributed by atoms with Gasteiger partial charge in [0.05, 0.1) is 16.8 Å². The Kier molecular flexibility index (Phi) is 7.06. The zero-order valence-corrected chi connectivity index (χ0v) is 22.2. The number of aromatic nitrogens is 2. The highest BCUT2D eigenvalue weighted by molar-refractivity contribution is 7.89. The number of hydrogen-bond acceptors (Lipinski definition) is 6. The highest BCUT2D eigenvalue weighted by Gasteiger charge is 2.36. The maximum Gasteiger partial charge on any atom is 0.245 e. The molecule has 1 saturated heterocycles. The molecule has 0 atom stereocenters. The number of sulfonamides is 1. The molecule has 37 heavy (non-hydrogen) atoms. The summed E-state index contributed by atoms with van der Waals surface area (Å²) in [5, 5.41) is 0.610. The highest BCUT2D eigenvalue weighted by atomic mass is 32.2. The van der Waals surface area contributed by atoms with Gasteiger partial charge in [-0.3, -0.25) is 14.7 Å². The van der Waals surface area contributed by atoms with Crippen LogP contribution in [0, 0.1) is 25.6 Å². The van der Waals surface area contributed by atoms with Crippen LogP contribution in [-0.4, -0.2) is 41.7 Å². The Hall–Kier alpha value is -3.21. The number of hydrogen-bond donors (Lipinski definition) is 0. The molecule has 5 rings (SSSR count). The quantitative estimate of drug-likeness (QED) is 0.342. The second kappa shape index (κ2) is 10.3. The fourth-order valence-corrected chi connectivity index (χ4v) is 7.16. The van der Waals surface area contributed by atoms with E-state index in [0.717, 1.165) is 33.0 Å². The molecule has 4 aromatic rings. The van der Waals surface area contributed by atoms with Crippen LogP contribution in [0.5, 0.6) is 0 Å². The van der Waals surface area contributed by atoms with Crippen molar-refractivity contribution in [1.29, 1.82) is 0 Å². The normalized spacial score (nSPS) is 15.2. The topological polar surface area (TPSA) is 83.5 Å². The molecule has 0 unspecified atom stereocenters. The van der Waals surface area contributed by atoms with Crippen molar-refractivity contribution in [1.82, 2.24) is 14.3 Å². The molecule has 1 fully saturated rings. The lowest BCUT2D eigenvalue weighted by Crippen LogP contribution is -2.44. The number of halogens is 1. The van der Waals surface area contributed by atoms with Gasteiger partial charge in [0, 0.05) is 31.4 Å². The van der Waals surface area contributed by atoms with Gasteiger partial charge in [0.25, 0.3) is 0 Å². The number of anilines is 1. The smallest absolute Gasteiger partial charge is 0.245 e. The second-order valence-electron chi connectivity index (χ2n) is 9.25. The molecule has 0 spiro atoms. The van der Waals surface area contributed by atoms with E-state index in [4.69, 9.17) is 4.98 Å². The summed E-state index contributed by atoms with van der Waals surface area (Å²) in [6.45, 7) is 4.67. The van der Waals surface area contributed by atoms with E-state index in [0.29, 0.717) is 24.5 Å². The molecular weight excluding hydrogens is 511 g/mol. The number of nitrogens with zero attached hydrogens (tertiary/aromatic N) is 4. The first kappa shape index (κ1) is 25.4. The summed E-state index contributed by atoms with van der Waals surface area (Å²) < 4.78 is 42.5. The van der Waals surface area contributed by atoms with Crippen molar-refractivity contribution in [2.75, 3.05) is 18.0 Å². The van der Waals surface area contributed by atoms with Gasteiger partial charge in [0.15, 0.2) is 5.13 Å². The third-order valence-electron chi connectivity index (χ3n) is 6.89. The molecule has 7 nitrogen and oxygen atoms in total. The van der Waals surface area contributed by atoms with Crippen LogP contribution in [0.25, 0.3) is 10.2 Å². The lowest BCUT2D eigenvalue weighted by molar-refractivity contribution is -0.123. The van der Waals surface area contributed by atoms with E-state index in [2.05, 4.69) is 11.1 Å². The predicted octanol–water partition coefficient (Wildman–Crippen LogP) is 5.08. The van der Waals surface area contributed by atoms with Crippen molar-refractivity contribution in [3.05, 3.63) is 83.4 Å². The molecule has 1 amide bonds. The molecule has 1 aliphatic rings. The molecule has 192 valence electrons. The molecule has 1 aliphatic heterocycles. The van der Waals surface area contributed by atoms with Gasteiger partial charge >= 0.3 is 0 Å². The van der Waals surface area contributed by atoms with Crippen LogP contribution < -0.4 is 4.90 Å². The SMILES string of the molecule is Cc1ccc2sc(N(Cc3cccnc3)C(=O)C3CCN(S(=O)(=O)c4ccccc4F)CC3)nc2c1C. The Balaban J connectivity index is 1.40. The van der Waals surface area contributed by atoms with Crippen LogP contribution >= 0.6 is 11.3 Å².